The van der Waals surface area contributed by atoms with Crippen molar-refractivity contribution in [3.8, 4) is 11.8 Å². The predicted octanol–water partition coefficient (Wildman–Crippen LogP) is 3.01. The third-order valence-corrected chi connectivity index (χ3v) is 7.08. The summed E-state index contributed by atoms with van der Waals surface area (Å²) >= 11 is 11.8. The Kier molecular flexibility index (Phi) is 7.39. The number of rotatable bonds is 5. The van der Waals surface area contributed by atoms with Gasteiger partial charge >= 0.3 is 0 Å². The van der Waals surface area contributed by atoms with Crippen LogP contribution in [-0.4, -0.2) is 48.7 Å². The number of hydrogen-bond acceptors (Lipinski definition) is 7. The summed E-state index contributed by atoms with van der Waals surface area (Å²) < 4.78 is 56.7. The summed E-state index contributed by atoms with van der Waals surface area (Å²) in [6.07, 6.45) is 2.12. The van der Waals surface area contributed by atoms with Crippen LogP contribution < -0.4 is 15.4 Å². The summed E-state index contributed by atoms with van der Waals surface area (Å²) in [5.74, 6) is 2.97. The third kappa shape index (κ3) is 5.80. The molecular formula is C22H17Cl2F2N5O3S. The molecule has 0 bridgehead atoms. The Morgan fingerprint density at radius 2 is 1.83 bits per heavy atom. The van der Waals surface area contributed by atoms with Crippen molar-refractivity contribution in [3.63, 3.8) is 0 Å². The number of nitrogens with zero attached hydrogens (tertiary/aromatic N) is 2. The van der Waals surface area contributed by atoms with Crippen LogP contribution in [0.5, 0.6) is 0 Å². The topological polar surface area (TPSA) is 116 Å². The molecule has 1 aromatic heterocycles. The van der Waals surface area contributed by atoms with Crippen molar-refractivity contribution in [3.05, 3.63) is 75.5 Å². The average molecular weight is 540 g/mol. The van der Waals surface area contributed by atoms with Crippen LogP contribution in [0, 0.1) is 23.5 Å². The van der Waals surface area contributed by atoms with Crippen molar-refractivity contribution >= 4 is 44.9 Å². The Bertz CT molecular complexity index is 1430. The summed E-state index contributed by atoms with van der Waals surface area (Å²) in [5.41, 5.74) is -0.910. The smallest absolute Gasteiger partial charge is 0.263 e. The molecule has 0 spiro atoms. The van der Waals surface area contributed by atoms with Gasteiger partial charge in [-0.25, -0.2) is 27.2 Å². The average Bonchev–Trinajstić information content (AvgIpc) is 3.22. The van der Waals surface area contributed by atoms with Gasteiger partial charge in [0, 0.05) is 30.5 Å². The maximum Gasteiger partial charge on any atom is 0.263 e. The lowest BCUT2D eigenvalue weighted by atomic mass is 10.1. The van der Waals surface area contributed by atoms with E-state index < -0.39 is 39.0 Å². The number of halogens is 4. The highest BCUT2D eigenvalue weighted by Crippen LogP contribution is 2.29. The van der Waals surface area contributed by atoms with E-state index >= 15 is 0 Å². The standard InChI is InChI=1S/C22H17Cl2F2N5O3S/c23-13-2-4-15(24)20(7-13)35(33,34)31-17-6-5-16(25)14(21(17)26)3-1-12-8-28-22(29-9-12)30-18-10-27-11-19(18)32/h2,4-9,18-19,27,31-32H,10-11H2,(H,28,29,30)/t18-,19+/m0/s1. The molecule has 2 atom stereocenters. The first-order chi connectivity index (χ1) is 16.6. The molecule has 1 saturated heterocycles. The van der Waals surface area contributed by atoms with E-state index in [0.717, 1.165) is 18.2 Å². The predicted molar refractivity (Wildman–Crippen MR) is 128 cm³/mol. The molecule has 8 nitrogen and oxygen atoms in total. The summed E-state index contributed by atoms with van der Waals surface area (Å²) in [6, 6.07) is 5.36. The van der Waals surface area contributed by atoms with Gasteiger partial charge in [-0.05, 0) is 30.3 Å². The molecule has 1 aliphatic rings. The SMILES string of the molecule is O=S(=O)(Nc1ccc(F)c(C#Cc2cnc(N[C@H]3CNC[C@H]3O)nc2)c1F)c1cc(Cl)ccc1Cl. The molecule has 0 unspecified atom stereocenters. The first-order valence-electron chi connectivity index (χ1n) is 10.1. The molecule has 3 aromatic rings. The Balaban J connectivity index is 1.56. The van der Waals surface area contributed by atoms with Crippen LogP contribution in [0.1, 0.15) is 11.1 Å². The van der Waals surface area contributed by atoms with E-state index in [4.69, 9.17) is 23.2 Å². The Labute approximate surface area is 209 Å². The fraction of sp³-hybridized carbons (Fsp3) is 0.182. The minimum absolute atomic E-state index is 0.112. The number of hydrogen-bond donors (Lipinski definition) is 4. The van der Waals surface area contributed by atoms with Crippen molar-refractivity contribution in [1.29, 1.82) is 0 Å². The van der Waals surface area contributed by atoms with Gasteiger partial charge in [-0.15, -0.1) is 0 Å². The molecule has 182 valence electrons. The van der Waals surface area contributed by atoms with Crippen LogP contribution in [0.3, 0.4) is 0 Å². The van der Waals surface area contributed by atoms with E-state index in [-0.39, 0.29) is 32.5 Å². The number of β-amino-alcohol motifs (C(OH)–C–C–N with tert-alkyl or cyclic N) is 1. The van der Waals surface area contributed by atoms with Gasteiger partial charge in [0.1, 0.15) is 10.7 Å². The molecule has 0 amide bonds. The zero-order chi connectivity index (χ0) is 25.2. The fourth-order valence-corrected chi connectivity index (χ4v) is 5.03. The van der Waals surface area contributed by atoms with E-state index in [1.165, 1.54) is 24.5 Å². The molecule has 2 aromatic carbocycles. The van der Waals surface area contributed by atoms with Crippen LogP contribution >= 0.6 is 23.2 Å². The minimum Gasteiger partial charge on any atom is -0.390 e. The highest BCUT2D eigenvalue weighted by molar-refractivity contribution is 7.92. The number of aliphatic hydroxyl groups is 1. The zero-order valence-electron chi connectivity index (χ0n) is 17.7. The van der Waals surface area contributed by atoms with Gasteiger partial charge in [0.15, 0.2) is 5.82 Å². The Hall–Kier alpha value is -3.01. The second-order valence-corrected chi connectivity index (χ2v) is 9.98. The number of benzene rings is 2. The summed E-state index contributed by atoms with van der Waals surface area (Å²) in [4.78, 5) is 7.80. The molecule has 13 heteroatoms. The summed E-state index contributed by atoms with van der Waals surface area (Å²) in [6.45, 7) is 1.01. The van der Waals surface area contributed by atoms with E-state index in [1.54, 1.807) is 0 Å². The summed E-state index contributed by atoms with van der Waals surface area (Å²) in [5, 5.41) is 15.8. The number of sulfonamides is 1. The molecular weight excluding hydrogens is 523 g/mol. The second kappa shape index (κ2) is 10.3. The first-order valence-corrected chi connectivity index (χ1v) is 12.3. The monoisotopic (exact) mass is 539 g/mol. The van der Waals surface area contributed by atoms with E-state index in [9.17, 15) is 22.3 Å². The van der Waals surface area contributed by atoms with E-state index in [1.807, 2.05) is 4.72 Å². The van der Waals surface area contributed by atoms with Crippen LogP contribution in [0.4, 0.5) is 20.4 Å². The molecule has 35 heavy (non-hydrogen) atoms. The number of aliphatic hydroxyl groups excluding tert-OH is 1. The fourth-order valence-electron chi connectivity index (χ4n) is 3.21. The lowest BCUT2D eigenvalue weighted by Crippen LogP contribution is -2.32. The minimum atomic E-state index is -4.33. The quantitative estimate of drug-likeness (QED) is 0.368. The highest BCUT2D eigenvalue weighted by atomic mass is 35.5. The van der Waals surface area contributed by atoms with Crippen LogP contribution in [-0.2, 0) is 10.0 Å². The maximum atomic E-state index is 15.0. The maximum absolute atomic E-state index is 15.0. The van der Waals surface area contributed by atoms with Crippen LogP contribution in [0.2, 0.25) is 10.0 Å². The van der Waals surface area contributed by atoms with E-state index in [2.05, 4.69) is 32.4 Å². The molecule has 0 radical (unpaired) electrons. The lowest BCUT2D eigenvalue weighted by Gasteiger charge is -2.14. The zero-order valence-corrected chi connectivity index (χ0v) is 20.0. The lowest BCUT2D eigenvalue weighted by molar-refractivity contribution is 0.185. The van der Waals surface area contributed by atoms with Gasteiger partial charge < -0.3 is 15.7 Å². The number of anilines is 2. The summed E-state index contributed by atoms with van der Waals surface area (Å²) in [7, 11) is -4.33. The normalized spacial score (nSPS) is 17.5. The molecule has 0 aliphatic carbocycles. The van der Waals surface area contributed by atoms with E-state index in [0.29, 0.717) is 13.1 Å². The Morgan fingerprint density at radius 3 is 2.51 bits per heavy atom. The molecule has 4 rings (SSSR count). The Morgan fingerprint density at radius 1 is 1.09 bits per heavy atom. The van der Waals surface area contributed by atoms with Crippen molar-refractivity contribution in [1.82, 2.24) is 15.3 Å². The van der Waals surface area contributed by atoms with Crippen molar-refractivity contribution in [2.45, 2.75) is 17.0 Å². The van der Waals surface area contributed by atoms with Crippen molar-refractivity contribution in [2.24, 2.45) is 0 Å². The van der Waals surface area contributed by atoms with Gasteiger partial charge in [-0.2, -0.15) is 0 Å². The van der Waals surface area contributed by atoms with Gasteiger partial charge in [-0.3, -0.25) is 4.72 Å². The molecule has 2 heterocycles. The number of aromatic nitrogens is 2. The molecule has 4 N–H and O–H groups in total. The van der Waals surface area contributed by atoms with Gasteiger partial charge in [0.2, 0.25) is 5.95 Å². The highest BCUT2D eigenvalue weighted by Gasteiger charge is 2.25. The van der Waals surface area contributed by atoms with Gasteiger partial charge in [-0.1, -0.05) is 35.0 Å². The second-order valence-electron chi connectivity index (χ2n) is 7.49. The van der Waals surface area contributed by atoms with Crippen LogP contribution in [0.15, 0.2) is 47.6 Å². The van der Waals surface area contributed by atoms with Crippen LogP contribution in [0.25, 0.3) is 0 Å². The molecule has 0 saturated carbocycles. The third-order valence-electron chi connectivity index (χ3n) is 5.00. The van der Waals surface area contributed by atoms with Gasteiger partial charge in [0.25, 0.3) is 10.0 Å². The largest absolute Gasteiger partial charge is 0.390 e. The van der Waals surface area contributed by atoms with Gasteiger partial charge in [0.05, 0.1) is 34.0 Å². The number of nitrogens with one attached hydrogen (secondary N) is 3. The first kappa shape index (κ1) is 25.1. The van der Waals surface area contributed by atoms with Crippen molar-refractivity contribution in [2.75, 3.05) is 23.1 Å². The molecule has 1 fully saturated rings. The van der Waals surface area contributed by atoms with Crippen molar-refractivity contribution < 1.29 is 22.3 Å². The molecule has 1 aliphatic heterocycles.